The average Bonchev–Trinajstić information content (AvgIpc) is 3.00. The molecule has 2 rings (SSSR count). The van der Waals surface area contributed by atoms with Crippen molar-refractivity contribution in [2.24, 2.45) is 5.73 Å². The summed E-state index contributed by atoms with van der Waals surface area (Å²) < 4.78 is 0. The summed E-state index contributed by atoms with van der Waals surface area (Å²) in [5, 5.41) is 10.2. The Morgan fingerprint density at radius 1 is 1.40 bits per heavy atom. The van der Waals surface area contributed by atoms with Gasteiger partial charge in [-0.15, -0.1) is 0 Å². The minimum absolute atomic E-state index is 0.0671. The number of rotatable bonds is 4. The lowest BCUT2D eigenvalue weighted by molar-refractivity contribution is 0.0793. The van der Waals surface area contributed by atoms with Gasteiger partial charge in [0.25, 0.3) is 5.91 Å². The van der Waals surface area contributed by atoms with Crippen molar-refractivity contribution in [3.05, 3.63) is 41.2 Å². The largest absolute Gasteiger partial charge is 0.385 e. The normalized spacial score (nSPS) is 15.8. The second-order valence-electron chi connectivity index (χ2n) is 4.95. The van der Waals surface area contributed by atoms with Crippen molar-refractivity contribution < 1.29 is 4.79 Å². The highest BCUT2D eigenvalue weighted by atomic mass is 16.2. The van der Waals surface area contributed by atoms with Crippen molar-refractivity contribution in [2.45, 2.75) is 19.8 Å². The van der Waals surface area contributed by atoms with Crippen LogP contribution in [0.4, 0.5) is 5.69 Å². The summed E-state index contributed by atoms with van der Waals surface area (Å²) in [6.45, 7) is 3.44. The van der Waals surface area contributed by atoms with Gasteiger partial charge in [-0.3, -0.25) is 4.79 Å². The molecule has 0 bridgehead atoms. The van der Waals surface area contributed by atoms with E-state index < -0.39 is 0 Å². The lowest BCUT2D eigenvalue weighted by atomic mass is 10.1. The highest BCUT2D eigenvalue weighted by Gasteiger charge is 2.19. The molecule has 1 heterocycles. The molecule has 1 fully saturated rings. The number of allylic oxidation sites excluding steroid dienone is 1. The zero-order chi connectivity index (χ0) is 14.5. The van der Waals surface area contributed by atoms with Crippen molar-refractivity contribution in [1.29, 1.82) is 5.41 Å². The van der Waals surface area contributed by atoms with Gasteiger partial charge in [0.1, 0.15) is 5.82 Å². The molecule has 0 saturated carbocycles. The van der Waals surface area contributed by atoms with Crippen LogP contribution in [0.5, 0.6) is 0 Å². The van der Waals surface area contributed by atoms with Gasteiger partial charge in [0.2, 0.25) is 0 Å². The number of hydrogen-bond acceptors (Lipinski definition) is 4. The summed E-state index contributed by atoms with van der Waals surface area (Å²) in [5.74, 6) is 0.489. The zero-order valence-corrected chi connectivity index (χ0v) is 11.6. The Labute approximate surface area is 119 Å². The van der Waals surface area contributed by atoms with E-state index >= 15 is 0 Å². The second kappa shape index (κ2) is 6.23. The number of hydrogen-bond donors (Lipinski definition) is 3. The van der Waals surface area contributed by atoms with Gasteiger partial charge in [0.05, 0.1) is 0 Å². The Kier molecular flexibility index (Phi) is 4.40. The van der Waals surface area contributed by atoms with Crippen LogP contribution in [-0.4, -0.2) is 30.1 Å². The fourth-order valence-corrected chi connectivity index (χ4v) is 2.16. The first-order valence-electron chi connectivity index (χ1n) is 6.75. The number of carbonyl (C=O) groups is 1. The first kappa shape index (κ1) is 14.1. The number of nitrogens with two attached hydrogens (primary N) is 1. The molecule has 5 nitrogen and oxygen atoms in total. The maximum absolute atomic E-state index is 12.3. The van der Waals surface area contributed by atoms with E-state index in [2.05, 4.69) is 5.32 Å². The summed E-state index contributed by atoms with van der Waals surface area (Å²) in [5.41, 5.74) is 7.91. The average molecular weight is 272 g/mol. The molecule has 0 spiro atoms. The van der Waals surface area contributed by atoms with Gasteiger partial charge < -0.3 is 21.4 Å². The fourth-order valence-electron chi connectivity index (χ4n) is 2.16. The first-order chi connectivity index (χ1) is 9.61. The predicted molar refractivity (Wildman–Crippen MR) is 80.9 cm³/mol. The lowest BCUT2D eigenvalue weighted by Crippen LogP contribution is -2.27. The topological polar surface area (TPSA) is 82.2 Å². The van der Waals surface area contributed by atoms with Crippen molar-refractivity contribution in [1.82, 2.24) is 4.90 Å². The van der Waals surface area contributed by atoms with E-state index in [1.807, 2.05) is 23.1 Å². The van der Waals surface area contributed by atoms with E-state index in [0.717, 1.165) is 31.6 Å². The molecule has 1 amide bonds. The van der Waals surface area contributed by atoms with E-state index in [9.17, 15) is 4.79 Å². The van der Waals surface area contributed by atoms with Crippen LogP contribution in [0.2, 0.25) is 0 Å². The first-order valence-corrected chi connectivity index (χ1v) is 6.75. The molecule has 1 aromatic carbocycles. The number of anilines is 1. The molecule has 0 atom stereocenters. The van der Waals surface area contributed by atoms with E-state index in [1.54, 1.807) is 13.0 Å². The van der Waals surface area contributed by atoms with Crippen LogP contribution in [-0.2, 0) is 0 Å². The highest BCUT2D eigenvalue weighted by molar-refractivity contribution is 5.95. The summed E-state index contributed by atoms with van der Waals surface area (Å²) in [4.78, 5) is 14.2. The molecule has 106 valence electrons. The predicted octanol–water partition coefficient (Wildman–Crippen LogP) is 2.17. The standard InChI is InChI=1S/C15H20N4O/c1-11(10-16)14(17)18-13-6-4-5-12(9-13)15(20)19-7-2-3-8-19/h4-6,9-10,16,18H,2-3,7-8,17H2,1H3/b14-11+,16-10?. The Bertz CT molecular complexity index is 545. The van der Waals surface area contributed by atoms with Gasteiger partial charge in [-0.05, 0) is 38.0 Å². The summed E-state index contributed by atoms with van der Waals surface area (Å²) in [7, 11) is 0. The number of nitrogens with one attached hydrogen (secondary N) is 2. The van der Waals surface area contributed by atoms with Crippen molar-refractivity contribution in [3.8, 4) is 0 Å². The number of benzene rings is 1. The molecule has 0 unspecified atom stereocenters. The third-order valence-electron chi connectivity index (χ3n) is 3.42. The molecule has 1 aliphatic rings. The lowest BCUT2D eigenvalue weighted by Gasteiger charge is -2.16. The third kappa shape index (κ3) is 3.17. The zero-order valence-electron chi connectivity index (χ0n) is 11.6. The molecule has 5 heteroatoms. The number of carbonyl (C=O) groups excluding carboxylic acids is 1. The smallest absolute Gasteiger partial charge is 0.253 e. The fraction of sp³-hybridized carbons (Fsp3) is 0.333. The minimum atomic E-state index is 0.0671. The Balaban J connectivity index is 2.15. The van der Waals surface area contributed by atoms with Crippen LogP contribution >= 0.6 is 0 Å². The van der Waals surface area contributed by atoms with Gasteiger partial charge >= 0.3 is 0 Å². The van der Waals surface area contributed by atoms with E-state index in [4.69, 9.17) is 11.1 Å². The maximum Gasteiger partial charge on any atom is 0.253 e. The molecule has 0 aromatic heterocycles. The van der Waals surface area contributed by atoms with Crippen LogP contribution in [0, 0.1) is 5.41 Å². The summed E-state index contributed by atoms with van der Waals surface area (Å²) in [6.07, 6.45) is 3.36. The second-order valence-corrected chi connectivity index (χ2v) is 4.95. The molecular formula is C15H20N4O. The van der Waals surface area contributed by atoms with Crippen LogP contribution in [0.15, 0.2) is 35.7 Å². The molecule has 1 aliphatic heterocycles. The molecule has 0 aliphatic carbocycles. The monoisotopic (exact) mass is 272 g/mol. The van der Waals surface area contributed by atoms with Gasteiger partial charge in [0.15, 0.2) is 0 Å². The summed E-state index contributed by atoms with van der Waals surface area (Å²) >= 11 is 0. The van der Waals surface area contributed by atoms with E-state index in [1.165, 1.54) is 6.21 Å². The maximum atomic E-state index is 12.3. The van der Waals surface area contributed by atoms with Crippen molar-refractivity contribution in [2.75, 3.05) is 18.4 Å². The molecule has 0 radical (unpaired) electrons. The van der Waals surface area contributed by atoms with E-state index in [0.29, 0.717) is 17.0 Å². The third-order valence-corrected chi connectivity index (χ3v) is 3.42. The molecule has 20 heavy (non-hydrogen) atoms. The minimum Gasteiger partial charge on any atom is -0.385 e. The van der Waals surface area contributed by atoms with Gasteiger partial charge in [-0.25, -0.2) is 0 Å². The summed E-state index contributed by atoms with van der Waals surface area (Å²) in [6, 6.07) is 7.30. The Hall–Kier alpha value is -2.30. The number of nitrogens with zero attached hydrogens (tertiary/aromatic N) is 1. The van der Waals surface area contributed by atoms with Crippen LogP contribution in [0.1, 0.15) is 30.1 Å². The van der Waals surface area contributed by atoms with Crippen LogP contribution in [0.3, 0.4) is 0 Å². The molecular weight excluding hydrogens is 252 g/mol. The molecule has 1 aromatic rings. The highest BCUT2D eigenvalue weighted by Crippen LogP contribution is 2.17. The van der Waals surface area contributed by atoms with Gasteiger partial charge in [-0.2, -0.15) is 0 Å². The number of amides is 1. The van der Waals surface area contributed by atoms with Crippen LogP contribution < -0.4 is 11.1 Å². The Morgan fingerprint density at radius 3 is 2.75 bits per heavy atom. The van der Waals surface area contributed by atoms with Crippen molar-refractivity contribution >= 4 is 17.8 Å². The molecule has 1 saturated heterocycles. The van der Waals surface area contributed by atoms with Gasteiger partial charge in [0, 0.05) is 36.1 Å². The van der Waals surface area contributed by atoms with Gasteiger partial charge in [-0.1, -0.05) is 6.07 Å². The SMILES string of the molecule is C/C(C=N)=C(/N)Nc1cccc(C(=O)N2CCCC2)c1. The quantitative estimate of drug-likeness (QED) is 0.735. The van der Waals surface area contributed by atoms with Crippen LogP contribution in [0.25, 0.3) is 0 Å². The van der Waals surface area contributed by atoms with E-state index in [-0.39, 0.29) is 5.91 Å². The number of likely N-dealkylation sites (tertiary alicyclic amines) is 1. The van der Waals surface area contributed by atoms with Crippen molar-refractivity contribution in [3.63, 3.8) is 0 Å². The Morgan fingerprint density at radius 2 is 2.10 bits per heavy atom. The molecule has 4 N–H and O–H groups in total.